The van der Waals surface area contributed by atoms with Crippen molar-refractivity contribution >= 4 is 23.1 Å². The van der Waals surface area contributed by atoms with Gasteiger partial charge < -0.3 is 5.11 Å². The number of rotatable bonds is 6. The fourth-order valence-electron chi connectivity index (χ4n) is 2.36. The van der Waals surface area contributed by atoms with Crippen molar-refractivity contribution in [1.29, 1.82) is 0 Å². The van der Waals surface area contributed by atoms with Gasteiger partial charge >= 0.3 is 5.97 Å². The van der Waals surface area contributed by atoms with Crippen LogP contribution in [0.4, 0.5) is 0 Å². The fraction of sp³-hybridized carbons (Fsp3) is 0.176. The Hall–Kier alpha value is -2.80. The summed E-state index contributed by atoms with van der Waals surface area (Å²) in [6.07, 6.45) is 0.545. The Morgan fingerprint density at radius 1 is 1.25 bits per heavy atom. The number of carbonyl (C=O) groups excluding carboxylic acids is 1. The van der Waals surface area contributed by atoms with Gasteiger partial charge in [0.15, 0.2) is 17.4 Å². The van der Waals surface area contributed by atoms with E-state index in [0.717, 1.165) is 4.88 Å². The fourth-order valence-corrected chi connectivity index (χ4v) is 3.06. The second-order valence-corrected chi connectivity index (χ2v) is 6.33. The Kier molecular flexibility index (Phi) is 4.52. The predicted molar refractivity (Wildman–Crippen MR) is 90.2 cm³/mol. The zero-order chi connectivity index (χ0) is 17.1. The van der Waals surface area contributed by atoms with E-state index in [1.807, 2.05) is 17.5 Å². The topological polar surface area (TPSA) is 85.1 Å². The number of aliphatic carboxylic acids is 1. The molecule has 7 heteroatoms. The normalized spacial score (nSPS) is 10.7. The molecule has 24 heavy (non-hydrogen) atoms. The van der Waals surface area contributed by atoms with Crippen LogP contribution in [0.5, 0.6) is 0 Å². The van der Waals surface area contributed by atoms with Gasteiger partial charge in [0.1, 0.15) is 6.54 Å². The van der Waals surface area contributed by atoms with E-state index in [-0.39, 0.29) is 12.3 Å². The highest BCUT2D eigenvalue weighted by Crippen LogP contribution is 2.21. The maximum atomic E-state index is 11.6. The van der Waals surface area contributed by atoms with Crippen molar-refractivity contribution in [3.8, 4) is 11.4 Å². The minimum atomic E-state index is -0.994. The van der Waals surface area contributed by atoms with Crippen molar-refractivity contribution in [3.05, 3.63) is 58.0 Å². The van der Waals surface area contributed by atoms with Gasteiger partial charge in [-0.2, -0.15) is 5.10 Å². The Labute approximate surface area is 142 Å². The first-order valence-electron chi connectivity index (χ1n) is 7.32. The van der Waals surface area contributed by atoms with E-state index in [2.05, 4.69) is 10.1 Å². The first-order valence-corrected chi connectivity index (χ1v) is 8.20. The first-order chi connectivity index (χ1) is 11.5. The Balaban J connectivity index is 2.01. The second-order valence-electron chi connectivity index (χ2n) is 5.30. The van der Waals surface area contributed by atoms with Crippen molar-refractivity contribution in [2.45, 2.75) is 19.9 Å². The molecule has 3 aromatic rings. The number of carbonyl (C=O) groups is 2. The van der Waals surface area contributed by atoms with E-state index >= 15 is 0 Å². The number of benzene rings is 1. The molecule has 1 N–H and O–H groups in total. The summed E-state index contributed by atoms with van der Waals surface area (Å²) < 4.78 is 1.37. The first kappa shape index (κ1) is 16.1. The molecule has 0 aliphatic rings. The molecule has 0 aliphatic carbocycles. The molecule has 0 saturated heterocycles. The van der Waals surface area contributed by atoms with Crippen molar-refractivity contribution in [1.82, 2.24) is 14.8 Å². The van der Waals surface area contributed by atoms with E-state index in [0.29, 0.717) is 29.2 Å². The second kappa shape index (κ2) is 6.76. The summed E-state index contributed by atoms with van der Waals surface area (Å²) >= 11 is 1.60. The standard InChI is InChI=1S/C17H15N3O3S/c1-11(21)12-4-2-5-13(8-12)17-18-15(9-14-6-3-7-24-14)19-20(17)10-16(22)23/h2-8H,9-10H2,1H3,(H,22,23). The molecule has 0 atom stereocenters. The summed E-state index contributed by atoms with van der Waals surface area (Å²) in [5.74, 6) is -0.0412. The van der Waals surface area contributed by atoms with Crippen molar-refractivity contribution in [2.75, 3.05) is 0 Å². The summed E-state index contributed by atoms with van der Waals surface area (Å²) in [6.45, 7) is 1.21. The quantitative estimate of drug-likeness (QED) is 0.697. The third kappa shape index (κ3) is 3.57. The number of carboxylic acid groups (broad SMARTS) is 1. The van der Waals surface area contributed by atoms with Crippen LogP contribution >= 0.6 is 11.3 Å². The minimum absolute atomic E-state index is 0.0556. The summed E-state index contributed by atoms with van der Waals surface area (Å²) in [5.41, 5.74) is 1.23. The van der Waals surface area contributed by atoms with E-state index in [9.17, 15) is 9.59 Å². The molecule has 3 rings (SSSR count). The van der Waals surface area contributed by atoms with Gasteiger partial charge in [-0.25, -0.2) is 9.67 Å². The summed E-state index contributed by atoms with van der Waals surface area (Å²) in [7, 11) is 0. The van der Waals surface area contributed by atoms with Crippen LogP contribution < -0.4 is 0 Å². The average molecular weight is 341 g/mol. The van der Waals surface area contributed by atoms with Gasteiger partial charge in [0, 0.05) is 22.4 Å². The maximum absolute atomic E-state index is 11.6. The summed E-state index contributed by atoms with van der Waals surface area (Å²) in [4.78, 5) is 28.3. The number of nitrogens with zero attached hydrogens (tertiary/aromatic N) is 3. The van der Waals surface area contributed by atoms with Crippen LogP contribution in [0, 0.1) is 0 Å². The maximum Gasteiger partial charge on any atom is 0.325 e. The highest BCUT2D eigenvalue weighted by Gasteiger charge is 2.16. The molecule has 0 fully saturated rings. The van der Waals surface area contributed by atoms with Crippen molar-refractivity contribution in [2.24, 2.45) is 0 Å². The van der Waals surface area contributed by atoms with Crippen LogP contribution in [0.2, 0.25) is 0 Å². The molecule has 1 aromatic carbocycles. The number of thiophene rings is 1. The van der Waals surface area contributed by atoms with E-state index < -0.39 is 5.97 Å². The molecule has 0 saturated carbocycles. The molecule has 122 valence electrons. The highest BCUT2D eigenvalue weighted by molar-refractivity contribution is 7.09. The van der Waals surface area contributed by atoms with Crippen LogP contribution in [0.1, 0.15) is 28.0 Å². The number of hydrogen-bond acceptors (Lipinski definition) is 5. The van der Waals surface area contributed by atoms with E-state index in [1.54, 1.807) is 35.6 Å². The molecule has 0 aliphatic heterocycles. The van der Waals surface area contributed by atoms with Gasteiger partial charge in [-0.1, -0.05) is 24.3 Å². The van der Waals surface area contributed by atoms with Crippen molar-refractivity contribution < 1.29 is 14.7 Å². The molecule has 0 spiro atoms. The molecule has 2 aromatic heterocycles. The van der Waals surface area contributed by atoms with Crippen LogP contribution in [-0.2, 0) is 17.8 Å². The number of carboxylic acids is 1. The third-order valence-corrected chi connectivity index (χ3v) is 4.32. The lowest BCUT2D eigenvalue weighted by atomic mass is 10.1. The minimum Gasteiger partial charge on any atom is -0.480 e. The zero-order valence-corrected chi connectivity index (χ0v) is 13.8. The molecular weight excluding hydrogens is 326 g/mol. The zero-order valence-electron chi connectivity index (χ0n) is 13.0. The molecule has 6 nitrogen and oxygen atoms in total. The lowest BCUT2D eigenvalue weighted by molar-refractivity contribution is -0.137. The van der Waals surface area contributed by atoms with Crippen LogP contribution in [0.25, 0.3) is 11.4 Å². The number of ketones is 1. The lowest BCUT2D eigenvalue weighted by Crippen LogP contribution is -2.12. The molecule has 2 heterocycles. The Morgan fingerprint density at radius 2 is 2.08 bits per heavy atom. The van der Waals surface area contributed by atoms with Crippen LogP contribution in [-0.4, -0.2) is 31.6 Å². The number of Topliss-reactive ketones (excluding diaryl/α,β-unsaturated/α-hetero) is 1. The van der Waals surface area contributed by atoms with Crippen molar-refractivity contribution in [3.63, 3.8) is 0 Å². The number of hydrogen-bond donors (Lipinski definition) is 1. The van der Waals surface area contributed by atoms with E-state index in [4.69, 9.17) is 5.11 Å². The predicted octanol–water partition coefficient (Wildman–Crippen LogP) is 2.88. The largest absolute Gasteiger partial charge is 0.480 e. The summed E-state index contributed by atoms with van der Waals surface area (Å²) in [5, 5.41) is 15.4. The lowest BCUT2D eigenvalue weighted by Gasteiger charge is -2.04. The van der Waals surface area contributed by atoms with Crippen LogP contribution in [0.3, 0.4) is 0 Å². The molecule has 0 unspecified atom stereocenters. The van der Waals surface area contributed by atoms with Crippen LogP contribution in [0.15, 0.2) is 41.8 Å². The summed E-state index contributed by atoms with van der Waals surface area (Å²) in [6, 6.07) is 10.9. The third-order valence-electron chi connectivity index (χ3n) is 3.44. The van der Waals surface area contributed by atoms with Gasteiger partial charge in [-0.3, -0.25) is 9.59 Å². The molecular formula is C17H15N3O3S. The number of aromatic nitrogens is 3. The van der Waals surface area contributed by atoms with Gasteiger partial charge in [-0.05, 0) is 24.4 Å². The smallest absolute Gasteiger partial charge is 0.325 e. The molecule has 0 radical (unpaired) electrons. The van der Waals surface area contributed by atoms with Gasteiger partial charge in [0.2, 0.25) is 0 Å². The Morgan fingerprint density at radius 3 is 2.75 bits per heavy atom. The SMILES string of the molecule is CC(=O)c1cccc(-c2nc(Cc3cccs3)nn2CC(=O)O)c1. The monoisotopic (exact) mass is 341 g/mol. The Bertz CT molecular complexity index is 884. The van der Waals surface area contributed by atoms with Gasteiger partial charge in [0.05, 0.1) is 0 Å². The van der Waals surface area contributed by atoms with Gasteiger partial charge in [-0.15, -0.1) is 11.3 Å². The van der Waals surface area contributed by atoms with Gasteiger partial charge in [0.25, 0.3) is 0 Å². The highest BCUT2D eigenvalue weighted by atomic mass is 32.1. The molecule has 0 amide bonds. The average Bonchev–Trinajstić information content (AvgIpc) is 3.17. The molecule has 0 bridgehead atoms. The van der Waals surface area contributed by atoms with E-state index in [1.165, 1.54) is 11.6 Å².